The van der Waals surface area contributed by atoms with Crippen LogP contribution in [0, 0.1) is 6.92 Å². The molecular formula is C18H27N3. The van der Waals surface area contributed by atoms with Gasteiger partial charge in [0.2, 0.25) is 0 Å². The van der Waals surface area contributed by atoms with Gasteiger partial charge in [0, 0.05) is 31.4 Å². The summed E-state index contributed by atoms with van der Waals surface area (Å²) < 4.78 is 2.23. The molecule has 1 N–H and O–H groups in total. The van der Waals surface area contributed by atoms with Crippen molar-refractivity contribution >= 4 is 0 Å². The average Bonchev–Trinajstić information content (AvgIpc) is 2.92. The predicted molar refractivity (Wildman–Crippen MR) is 88.6 cm³/mol. The fraction of sp³-hybridized carbons (Fsp3) is 0.500. The van der Waals surface area contributed by atoms with E-state index in [-0.39, 0.29) is 0 Å². The van der Waals surface area contributed by atoms with Crippen molar-refractivity contribution in [3.8, 4) is 0 Å². The Balaban J connectivity index is 2.07. The van der Waals surface area contributed by atoms with Crippen LogP contribution in [0.2, 0.25) is 0 Å². The first-order chi connectivity index (χ1) is 10.2. The van der Waals surface area contributed by atoms with Gasteiger partial charge in [-0.15, -0.1) is 0 Å². The summed E-state index contributed by atoms with van der Waals surface area (Å²) in [4.78, 5) is 4.52. The SMILES string of the molecule is CCCNC(Cc1cccc(C)c1)Cc1nccn1CC. The lowest BCUT2D eigenvalue weighted by Gasteiger charge is -2.19. The molecule has 0 aliphatic rings. The van der Waals surface area contributed by atoms with Crippen LogP contribution < -0.4 is 5.32 Å². The maximum atomic E-state index is 4.52. The minimum atomic E-state index is 0.444. The largest absolute Gasteiger partial charge is 0.335 e. The van der Waals surface area contributed by atoms with E-state index in [9.17, 15) is 0 Å². The monoisotopic (exact) mass is 285 g/mol. The van der Waals surface area contributed by atoms with Crippen LogP contribution in [0.25, 0.3) is 0 Å². The number of aryl methyl sites for hydroxylation is 2. The number of hydrogen-bond acceptors (Lipinski definition) is 2. The van der Waals surface area contributed by atoms with E-state index in [2.05, 4.69) is 66.1 Å². The summed E-state index contributed by atoms with van der Waals surface area (Å²) in [6, 6.07) is 9.25. The van der Waals surface area contributed by atoms with Crippen molar-refractivity contribution in [2.45, 2.75) is 52.6 Å². The van der Waals surface area contributed by atoms with Crippen LogP contribution in [0.1, 0.15) is 37.2 Å². The van der Waals surface area contributed by atoms with E-state index in [1.165, 1.54) is 17.0 Å². The Kier molecular flexibility index (Phi) is 6.00. The van der Waals surface area contributed by atoms with Gasteiger partial charge in [-0.1, -0.05) is 36.8 Å². The Bertz CT molecular complexity index is 545. The summed E-state index contributed by atoms with van der Waals surface area (Å²) >= 11 is 0. The quantitative estimate of drug-likeness (QED) is 0.806. The average molecular weight is 285 g/mol. The molecule has 1 heterocycles. The van der Waals surface area contributed by atoms with Gasteiger partial charge in [-0.2, -0.15) is 0 Å². The van der Waals surface area contributed by atoms with Crippen molar-refractivity contribution in [3.05, 3.63) is 53.6 Å². The Morgan fingerprint density at radius 1 is 1.24 bits per heavy atom. The number of benzene rings is 1. The predicted octanol–water partition coefficient (Wildman–Crippen LogP) is 3.36. The Morgan fingerprint density at radius 2 is 2.10 bits per heavy atom. The van der Waals surface area contributed by atoms with Crippen LogP contribution in [-0.4, -0.2) is 22.1 Å². The van der Waals surface area contributed by atoms with E-state index in [0.717, 1.165) is 32.4 Å². The van der Waals surface area contributed by atoms with Crippen molar-refractivity contribution in [1.82, 2.24) is 14.9 Å². The van der Waals surface area contributed by atoms with Gasteiger partial charge >= 0.3 is 0 Å². The standard InChI is InChI=1S/C18H27N3/c1-4-9-19-17(13-16-8-6-7-15(3)12-16)14-18-20-10-11-21(18)5-2/h6-8,10-12,17,19H,4-5,9,13-14H2,1-3H3. The zero-order valence-electron chi connectivity index (χ0n) is 13.5. The highest BCUT2D eigenvalue weighted by Crippen LogP contribution is 2.10. The van der Waals surface area contributed by atoms with E-state index in [4.69, 9.17) is 0 Å². The highest BCUT2D eigenvalue weighted by molar-refractivity contribution is 5.23. The summed E-state index contributed by atoms with van der Waals surface area (Å²) in [6.07, 6.45) is 7.17. The van der Waals surface area contributed by atoms with Gasteiger partial charge in [-0.3, -0.25) is 0 Å². The molecule has 3 nitrogen and oxygen atoms in total. The van der Waals surface area contributed by atoms with Gasteiger partial charge in [-0.25, -0.2) is 4.98 Å². The molecule has 3 heteroatoms. The Labute approximate surface area is 128 Å². The maximum absolute atomic E-state index is 4.52. The van der Waals surface area contributed by atoms with Gasteiger partial charge in [0.15, 0.2) is 0 Å². The molecule has 0 fully saturated rings. The fourth-order valence-electron chi connectivity index (χ4n) is 2.73. The van der Waals surface area contributed by atoms with Crippen molar-refractivity contribution in [3.63, 3.8) is 0 Å². The maximum Gasteiger partial charge on any atom is 0.110 e. The minimum Gasteiger partial charge on any atom is -0.335 e. The third kappa shape index (κ3) is 4.71. The second-order valence-electron chi connectivity index (χ2n) is 5.68. The van der Waals surface area contributed by atoms with Crippen molar-refractivity contribution in [2.24, 2.45) is 0 Å². The van der Waals surface area contributed by atoms with E-state index in [0.29, 0.717) is 6.04 Å². The normalized spacial score (nSPS) is 12.5. The Morgan fingerprint density at radius 3 is 2.81 bits per heavy atom. The Hall–Kier alpha value is -1.61. The zero-order valence-corrected chi connectivity index (χ0v) is 13.5. The van der Waals surface area contributed by atoms with Crippen molar-refractivity contribution < 1.29 is 0 Å². The zero-order chi connectivity index (χ0) is 15.1. The van der Waals surface area contributed by atoms with Gasteiger partial charge in [0.1, 0.15) is 5.82 Å². The highest BCUT2D eigenvalue weighted by Gasteiger charge is 2.13. The first-order valence-electron chi connectivity index (χ1n) is 8.01. The number of rotatable bonds is 8. The summed E-state index contributed by atoms with van der Waals surface area (Å²) in [5, 5.41) is 3.67. The van der Waals surface area contributed by atoms with Gasteiger partial charge in [0.05, 0.1) is 0 Å². The molecule has 0 spiro atoms. The number of nitrogens with zero attached hydrogens (tertiary/aromatic N) is 2. The summed E-state index contributed by atoms with van der Waals surface area (Å²) in [5.74, 6) is 1.18. The van der Waals surface area contributed by atoms with Crippen molar-refractivity contribution in [1.29, 1.82) is 0 Å². The fourth-order valence-corrected chi connectivity index (χ4v) is 2.73. The molecule has 21 heavy (non-hydrogen) atoms. The molecule has 0 aliphatic heterocycles. The lowest BCUT2D eigenvalue weighted by atomic mass is 10.0. The lowest BCUT2D eigenvalue weighted by molar-refractivity contribution is 0.485. The molecule has 0 radical (unpaired) electrons. The van der Waals surface area contributed by atoms with Crippen LogP contribution in [-0.2, 0) is 19.4 Å². The molecular weight excluding hydrogens is 258 g/mol. The molecule has 1 atom stereocenters. The highest BCUT2D eigenvalue weighted by atomic mass is 15.1. The van der Waals surface area contributed by atoms with E-state index in [1.807, 2.05) is 6.20 Å². The molecule has 0 aliphatic carbocycles. The molecule has 2 rings (SSSR count). The van der Waals surface area contributed by atoms with E-state index >= 15 is 0 Å². The van der Waals surface area contributed by atoms with E-state index in [1.54, 1.807) is 0 Å². The number of hydrogen-bond donors (Lipinski definition) is 1. The molecule has 0 saturated carbocycles. The molecule has 0 amide bonds. The lowest BCUT2D eigenvalue weighted by Crippen LogP contribution is -2.34. The third-order valence-corrected chi connectivity index (χ3v) is 3.82. The van der Waals surface area contributed by atoms with Crippen molar-refractivity contribution in [2.75, 3.05) is 6.54 Å². The summed E-state index contributed by atoms with van der Waals surface area (Å²) in [6.45, 7) is 8.58. The molecule has 1 unspecified atom stereocenters. The second kappa shape index (κ2) is 7.99. The van der Waals surface area contributed by atoms with Crippen LogP contribution in [0.4, 0.5) is 0 Å². The van der Waals surface area contributed by atoms with Crippen LogP contribution in [0.3, 0.4) is 0 Å². The smallest absolute Gasteiger partial charge is 0.110 e. The second-order valence-corrected chi connectivity index (χ2v) is 5.68. The first kappa shape index (κ1) is 15.8. The first-order valence-corrected chi connectivity index (χ1v) is 8.01. The summed E-state index contributed by atoms with van der Waals surface area (Å²) in [7, 11) is 0. The third-order valence-electron chi connectivity index (χ3n) is 3.82. The van der Waals surface area contributed by atoms with Crippen LogP contribution in [0.5, 0.6) is 0 Å². The number of aromatic nitrogens is 2. The molecule has 0 saturated heterocycles. The van der Waals surface area contributed by atoms with E-state index < -0.39 is 0 Å². The topological polar surface area (TPSA) is 29.9 Å². The number of imidazole rings is 1. The number of nitrogens with one attached hydrogen (secondary N) is 1. The van der Waals surface area contributed by atoms with Gasteiger partial charge < -0.3 is 9.88 Å². The molecule has 114 valence electrons. The minimum absolute atomic E-state index is 0.444. The molecule has 2 aromatic rings. The van der Waals surface area contributed by atoms with Crippen LogP contribution >= 0.6 is 0 Å². The van der Waals surface area contributed by atoms with Gasteiger partial charge in [-0.05, 0) is 38.8 Å². The molecule has 1 aromatic heterocycles. The molecule has 1 aromatic carbocycles. The van der Waals surface area contributed by atoms with Crippen LogP contribution in [0.15, 0.2) is 36.7 Å². The van der Waals surface area contributed by atoms with Gasteiger partial charge in [0.25, 0.3) is 0 Å². The molecule has 0 bridgehead atoms. The summed E-state index contributed by atoms with van der Waals surface area (Å²) in [5.41, 5.74) is 2.73.